The fourth-order valence-electron chi connectivity index (χ4n) is 6.16. The van der Waals surface area contributed by atoms with Crippen LogP contribution in [0.25, 0.3) is 0 Å². The molecule has 5 rings (SSSR count). The fraction of sp³-hybridized carbons (Fsp3) is 0.395. The summed E-state index contributed by atoms with van der Waals surface area (Å²) in [6.07, 6.45) is -3.75. The molecule has 1 aliphatic rings. The summed E-state index contributed by atoms with van der Waals surface area (Å²) in [6.45, 7) is 6.55. The van der Waals surface area contributed by atoms with E-state index >= 15 is 0 Å². The number of carboxylic acids is 1. The maximum Gasteiger partial charge on any atom is 0.408 e. The van der Waals surface area contributed by atoms with Crippen LogP contribution in [-0.4, -0.2) is 65.9 Å². The first-order valence-electron chi connectivity index (χ1n) is 18.1. The lowest BCUT2D eigenvalue weighted by Crippen LogP contribution is -2.61. The quantitative estimate of drug-likeness (QED) is 0.108. The van der Waals surface area contributed by atoms with Crippen LogP contribution in [0.3, 0.4) is 0 Å². The van der Waals surface area contributed by atoms with Crippen LogP contribution in [0, 0.1) is 0 Å². The van der Waals surface area contributed by atoms with Gasteiger partial charge in [0.2, 0.25) is 0 Å². The van der Waals surface area contributed by atoms with Gasteiger partial charge in [0.15, 0.2) is 0 Å². The number of carboxylic acid groups (broad SMARTS) is 1. The van der Waals surface area contributed by atoms with Gasteiger partial charge in [-0.25, -0.2) is 9.59 Å². The summed E-state index contributed by atoms with van der Waals surface area (Å²) in [6, 6.07) is 38.2. The summed E-state index contributed by atoms with van der Waals surface area (Å²) in [7, 11) is 0. The van der Waals surface area contributed by atoms with E-state index in [0.717, 1.165) is 22.3 Å². The van der Waals surface area contributed by atoms with E-state index in [-0.39, 0.29) is 32.7 Å². The number of nitrogens with one attached hydrogen (secondary N) is 1. The first-order chi connectivity index (χ1) is 25.6. The molecule has 1 aliphatic heterocycles. The number of rotatable bonds is 18. The van der Waals surface area contributed by atoms with Gasteiger partial charge >= 0.3 is 12.1 Å². The molecule has 1 fully saturated rings. The minimum Gasteiger partial charge on any atom is -0.480 e. The molecule has 0 spiro atoms. The summed E-state index contributed by atoms with van der Waals surface area (Å²) in [4.78, 5) is 25.0. The third kappa shape index (κ3) is 13.1. The molecule has 4 aromatic rings. The number of ether oxygens (including phenoxy) is 6. The lowest BCUT2D eigenvalue weighted by molar-refractivity contribution is -0.273. The third-order valence-corrected chi connectivity index (χ3v) is 8.71. The molecule has 0 saturated carbocycles. The predicted octanol–water partition coefficient (Wildman–Crippen LogP) is 7.48. The minimum atomic E-state index is -1.23. The van der Waals surface area contributed by atoms with E-state index in [1.165, 1.54) is 0 Å². The Kier molecular flexibility index (Phi) is 15.0. The lowest BCUT2D eigenvalue weighted by Gasteiger charge is -2.46. The lowest BCUT2D eigenvalue weighted by atomic mass is 9.90. The number of carbonyl (C=O) groups is 2. The highest BCUT2D eigenvalue weighted by molar-refractivity contribution is 5.79. The maximum atomic E-state index is 12.6. The Labute approximate surface area is 312 Å². The minimum absolute atomic E-state index is 0.0446. The van der Waals surface area contributed by atoms with Gasteiger partial charge < -0.3 is 38.8 Å². The number of alkyl carbamates (subject to hydrolysis) is 1. The van der Waals surface area contributed by atoms with Crippen LogP contribution >= 0.6 is 0 Å². The molecule has 53 heavy (non-hydrogen) atoms. The molecular weight excluding hydrogens is 674 g/mol. The van der Waals surface area contributed by atoms with Crippen LogP contribution in [0.15, 0.2) is 121 Å². The van der Waals surface area contributed by atoms with Crippen molar-refractivity contribution in [2.45, 2.75) is 102 Å². The van der Waals surface area contributed by atoms with Crippen LogP contribution in [0.1, 0.15) is 55.9 Å². The normalized spacial score (nSPS) is 20.7. The zero-order valence-corrected chi connectivity index (χ0v) is 30.7. The first-order valence-corrected chi connectivity index (χ1v) is 18.1. The van der Waals surface area contributed by atoms with Gasteiger partial charge in [-0.2, -0.15) is 0 Å². The zero-order chi connectivity index (χ0) is 37.5. The summed E-state index contributed by atoms with van der Waals surface area (Å²) in [5, 5.41) is 12.6. The van der Waals surface area contributed by atoms with Crippen LogP contribution < -0.4 is 5.32 Å². The zero-order valence-electron chi connectivity index (χ0n) is 30.7. The van der Waals surface area contributed by atoms with Gasteiger partial charge in [0.25, 0.3) is 0 Å². The number of amides is 1. The molecule has 6 atom stereocenters. The van der Waals surface area contributed by atoms with E-state index in [1.807, 2.05) is 121 Å². The molecule has 10 heteroatoms. The highest BCUT2D eigenvalue weighted by Gasteiger charge is 2.48. The van der Waals surface area contributed by atoms with Crippen molar-refractivity contribution in [1.82, 2.24) is 5.32 Å². The molecule has 0 bridgehead atoms. The van der Waals surface area contributed by atoms with Crippen LogP contribution in [0.4, 0.5) is 4.79 Å². The highest BCUT2D eigenvalue weighted by atomic mass is 16.6. The molecule has 1 saturated heterocycles. The van der Waals surface area contributed by atoms with E-state index in [9.17, 15) is 14.7 Å². The maximum absolute atomic E-state index is 12.6. The largest absolute Gasteiger partial charge is 0.480 e. The Morgan fingerprint density at radius 3 is 1.49 bits per heavy atom. The Bertz CT molecular complexity index is 1650. The smallest absolute Gasteiger partial charge is 0.408 e. The van der Waals surface area contributed by atoms with Crippen molar-refractivity contribution in [3.8, 4) is 0 Å². The van der Waals surface area contributed by atoms with Crippen molar-refractivity contribution in [3.05, 3.63) is 144 Å². The molecular formula is C43H51NO9. The molecule has 1 heterocycles. The Morgan fingerprint density at radius 1 is 0.642 bits per heavy atom. The van der Waals surface area contributed by atoms with Crippen molar-refractivity contribution >= 4 is 12.1 Å². The Hall–Kier alpha value is -4.58. The summed E-state index contributed by atoms with van der Waals surface area (Å²) < 4.78 is 38.6. The molecule has 0 aromatic heterocycles. The Morgan fingerprint density at radius 2 is 1.06 bits per heavy atom. The van der Waals surface area contributed by atoms with E-state index in [2.05, 4.69) is 5.32 Å². The van der Waals surface area contributed by atoms with Gasteiger partial charge in [-0.3, -0.25) is 0 Å². The molecule has 0 radical (unpaired) electrons. The molecule has 282 valence electrons. The standard InChI is InChI=1S/C43H51NO9/c1-43(2,3)53-42(47)44-35(41(45)46)24-25-36-38(49-27-32-18-10-5-11-19-32)40(51-29-34-22-14-7-15-23-34)39(50-28-33-20-12-6-13-21-33)37(52-36)30-48-26-31-16-8-4-9-17-31/h4-23,35-40H,24-30H2,1-3H3,(H,44,47)(H,45,46)/t35-,36+,37+,38-,39+,40+/m0/s1. The average Bonchev–Trinajstić information content (AvgIpc) is 3.15. The van der Waals surface area contributed by atoms with Crippen molar-refractivity contribution < 1.29 is 43.1 Å². The topological polar surface area (TPSA) is 122 Å². The monoisotopic (exact) mass is 725 g/mol. The molecule has 1 amide bonds. The van der Waals surface area contributed by atoms with E-state index < -0.39 is 54.2 Å². The van der Waals surface area contributed by atoms with E-state index in [0.29, 0.717) is 13.2 Å². The Balaban J connectivity index is 1.45. The summed E-state index contributed by atoms with van der Waals surface area (Å²) in [5.41, 5.74) is 3.14. The number of hydrogen-bond donors (Lipinski definition) is 2. The predicted molar refractivity (Wildman–Crippen MR) is 200 cm³/mol. The first kappa shape index (κ1) is 39.6. The molecule has 0 aliphatic carbocycles. The van der Waals surface area contributed by atoms with Crippen LogP contribution in [-0.2, 0) is 59.6 Å². The SMILES string of the molecule is CC(C)(C)OC(=O)N[C@@H](CC[C@H]1O[C@H](COCc2ccccc2)[C@@H](OCc2ccccc2)[C@H](OCc2ccccc2)[C@H]1OCc1ccccc1)C(=O)O. The second-order valence-electron chi connectivity index (χ2n) is 14.1. The van der Waals surface area contributed by atoms with Gasteiger partial charge in [-0.1, -0.05) is 121 Å². The van der Waals surface area contributed by atoms with Crippen LogP contribution in [0.2, 0.25) is 0 Å². The van der Waals surface area contributed by atoms with E-state index in [1.54, 1.807) is 20.8 Å². The number of carbonyl (C=O) groups excluding carboxylic acids is 1. The highest BCUT2D eigenvalue weighted by Crippen LogP contribution is 2.33. The van der Waals surface area contributed by atoms with Gasteiger partial charge in [-0.15, -0.1) is 0 Å². The van der Waals surface area contributed by atoms with Crippen molar-refractivity contribution in [3.63, 3.8) is 0 Å². The fourth-order valence-corrected chi connectivity index (χ4v) is 6.16. The molecule has 4 aromatic carbocycles. The van der Waals surface area contributed by atoms with Gasteiger partial charge in [0.1, 0.15) is 36.1 Å². The van der Waals surface area contributed by atoms with Crippen molar-refractivity contribution in [2.24, 2.45) is 0 Å². The van der Waals surface area contributed by atoms with Gasteiger partial charge in [-0.05, 0) is 55.9 Å². The second kappa shape index (κ2) is 20.0. The van der Waals surface area contributed by atoms with Crippen molar-refractivity contribution in [1.29, 1.82) is 0 Å². The third-order valence-electron chi connectivity index (χ3n) is 8.71. The number of benzene rings is 4. The van der Waals surface area contributed by atoms with Gasteiger partial charge in [0.05, 0.1) is 39.1 Å². The molecule has 0 unspecified atom stereocenters. The average molecular weight is 726 g/mol. The summed E-state index contributed by atoms with van der Waals surface area (Å²) in [5.74, 6) is -1.18. The van der Waals surface area contributed by atoms with Gasteiger partial charge in [0, 0.05) is 0 Å². The second-order valence-corrected chi connectivity index (χ2v) is 14.1. The number of aliphatic carboxylic acids is 1. The van der Waals surface area contributed by atoms with Crippen molar-refractivity contribution in [2.75, 3.05) is 6.61 Å². The molecule has 10 nitrogen and oxygen atoms in total. The summed E-state index contributed by atoms with van der Waals surface area (Å²) >= 11 is 0. The van der Waals surface area contributed by atoms with E-state index in [4.69, 9.17) is 28.4 Å². The molecule has 2 N–H and O–H groups in total. The van der Waals surface area contributed by atoms with Crippen LogP contribution in [0.5, 0.6) is 0 Å². The number of hydrogen-bond acceptors (Lipinski definition) is 8.